The average molecular weight is 575 g/mol. The molecule has 204 valence electrons. The molecule has 0 saturated carbocycles. The van der Waals surface area contributed by atoms with Crippen LogP contribution in [0.15, 0.2) is 33.5 Å². The molecule has 3 aliphatic heterocycles. The van der Waals surface area contributed by atoms with Gasteiger partial charge in [-0.1, -0.05) is 5.16 Å². The number of carboxylic acids is 1. The van der Waals surface area contributed by atoms with Crippen LogP contribution in [0, 0.1) is 0 Å². The molecule has 0 aromatic carbocycles. The summed E-state index contributed by atoms with van der Waals surface area (Å²) in [6.07, 6.45) is -2.85. The molecule has 2 fully saturated rings. The van der Waals surface area contributed by atoms with Gasteiger partial charge in [-0.15, -0.1) is 23.1 Å². The van der Waals surface area contributed by atoms with Crippen molar-refractivity contribution in [2.45, 2.75) is 30.4 Å². The number of carboxylic acid groups (broad SMARTS) is 1. The number of halogens is 3. The van der Waals surface area contributed by atoms with Crippen LogP contribution in [0.3, 0.4) is 0 Å². The molecule has 1 aromatic heterocycles. The summed E-state index contributed by atoms with van der Waals surface area (Å²) in [6, 6.07) is -1.09. The largest absolute Gasteiger partial charge is 0.477 e. The molecule has 4 heterocycles. The molecule has 3 amide bonds. The fourth-order valence-corrected chi connectivity index (χ4v) is 6.09. The van der Waals surface area contributed by atoms with E-state index in [-0.39, 0.29) is 52.8 Å². The number of rotatable bonds is 7. The summed E-state index contributed by atoms with van der Waals surface area (Å²) < 4.78 is 38.5. The Kier molecular flexibility index (Phi) is 7.68. The van der Waals surface area contributed by atoms with Gasteiger partial charge in [0.05, 0.1) is 0 Å². The molecule has 0 unspecified atom stereocenters. The predicted molar refractivity (Wildman–Crippen MR) is 130 cm³/mol. The van der Waals surface area contributed by atoms with E-state index in [9.17, 15) is 37.5 Å². The Hall–Kier alpha value is -3.60. The number of thioether (sulfide) groups is 1. The fraction of sp³-hybridized carbons (Fsp3) is 0.429. The molecule has 2 saturated heterocycles. The van der Waals surface area contributed by atoms with E-state index in [0.717, 1.165) is 28.0 Å². The van der Waals surface area contributed by atoms with Gasteiger partial charge in [-0.05, 0) is 24.5 Å². The highest BCUT2D eigenvalue weighted by Gasteiger charge is 2.54. The first-order valence-electron chi connectivity index (χ1n) is 11.0. The number of carbonyl (C=O) groups excluding carboxylic acids is 3. The van der Waals surface area contributed by atoms with E-state index in [0.29, 0.717) is 4.90 Å². The van der Waals surface area contributed by atoms with E-state index in [1.54, 1.807) is 0 Å². The van der Waals surface area contributed by atoms with Gasteiger partial charge < -0.3 is 25.9 Å². The Morgan fingerprint density at radius 1 is 1.39 bits per heavy atom. The zero-order valence-electron chi connectivity index (χ0n) is 19.6. The Bertz CT molecular complexity index is 1280. The summed E-state index contributed by atoms with van der Waals surface area (Å²) in [4.78, 5) is 60.8. The highest BCUT2D eigenvalue weighted by molar-refractivity contribution is 8.00. The number of carbonyl (C=O) groups is 4. The maximum Gasteiger partial charge on any atom is 0.406 e. The third-order valence-electron chi connectivity index (χ3n) is 5.80. The maximum absolute atomic E-state index is 13.0. The SMILES string of the molecule is CON=C(C(=O)N[C@@H]1C(=O)N2C(C(=O)O)=C(C=C3CCCN(CC(F)(F)F)C3=O)CS[C@H]12)c1csc(N)n1. The van der Waals surface area contributed by atoms with Gasteiger partial charge >= 0.3 is 12.1 Å². The van der Waals surface area contributed by atoms with Crippen molar-refractivity contribution in [3.8, 4) is 0 Å². The number of anilines is 1. The molecular weight excluding hydrogens is 553 g/mol. The number of thiazole rings is 1. The monoisotopic (exact) mass is 574 g/mol. The summed E-state index contributed by atoms with van der Waals surface area (Å²) in [7, 11) is 1.22. The standard InChI is InChI=1S/C21H21F3N6O6S2/c1-36-28-12(11-7-38-20(25)26-11)15(31)27-13-17(33)30-14(19(34)35)10(6-37-18(13)30)5-9-3-2-4-29(16(9)32)8-21(22,23)24/h5,7,13,18H,2-4,6,8H2,1H3,(H2,25,26)(H,27,31)(H,34,35)/t13-,18-/m1/s1. The first kappa shape index (κ1) is 27.4. The van der Waals surface area contributed by atoms with Crippen molar-refractivity contribution in [2.75, 3.05) is 31.7 Å². The van der Waals surface area contributed by atoms with Gasteiger partial charge in [0.25, 0.3) is 11.8 Å². The molecule has 38 heavy (non-hydrogen) atoms. The Labute approximate surface area is 221 Å². The number of β-lactam (4-membered cyclic amide) rings is 1. The van der Waals surface area contributed by atoms with Crippen LogP contribution in [-0.4, -0.2) is 92.8 Å². The van der Waals surface area contributed by atoms with Crippen LogP contribution in [0.1, 0.15) is 18.5 Å². The second-order valence-corrected chi connectivity index (χ2v) is 10.3. The number of oxime groups is 1. The molecule has 2 atom stereocenters. The normalized spacial score (nSPS) is 23.4. The van der Waals surface area contributed by atoms with Crippen molar-refractivity contribution < 1.29 is 42.3 Å². The first-order valence-corrected chi connectivity index (χ1v) is 12.9. The minimum atomic E-state index is -4.57. The smallest absolute Gasteiger partial charge is 0.406 e. The molecule has 12 nitrogen and oxygen atoms in total. The second kappa shape index (κ2) is 10.6. The van der Waals surface area contributed by atoms with E-state index >= 15 is 0 Å². The molecule has 17 heteroatoms. The van der Waals surface area contributed by atoms with Crippen molar-refractivity contribution in [2.24, 2.45) is 5.16 Å². The van der Waals surface area contributed by atoms with E-state index in [1.165, 1.54) is 18.6 Å². The molecule has 0 bridgehead atoms. The van der Waals surface area contributed by atoms with Crippen LogP contribution in [0.5, 0.6) is 0 Å². The third kappa shape index (κ3) is 5.47. The molecule has 0 aliphatic carbocycles. The summed E-state index contributed by atoms with van der Waals surface area (Å²) in [6.45, 7) is -1.47. The van der Waals surface area contributed by atoms with Crippen molar-refractivity contribution in [3.05, 3.63) is 34.0 Å². The maximum atomic E-state index is 13.0. The van der Waals surface area contributed by atoms with Crippen molar-refractivity contribution >= 4 is 57.6 Å². The zero-order valence-corrected chi connectivity index (χ0v) is 21.3. The molecule has 1 aromatic rings. The van der Waals surface area contributed by atoms with E-state index in [2.05, 4.69) is 15.5 Å². The number of likely N-dealkylation sites (tertiary alicyclic amines) is 1. The third-order valence-corrected chi connectivity index (χ3v) is 7.78. The number of hydrogen-bond donors (Lipinski definition) is 3. The number of hydrogen-bond acceptors (Lipinski definition) is 10. The summed E-state index contributed by atoms with van der Waals surface area (Å²) in [5.41, 5.74) is 5.26. The topological polar surface area (TPSA) is 168 Å². The lowest BCUT2D eigenvalue weighted by atomic mass is 9.98. The van der Waals surface area contributed by atoms with E-state index in [4.69, 9.17) is 10.6 Å². The van der Waals surface area contributed by atoms with Gasteiger partial charge in [0.2, 0.25) is 5.91 Å². The molecule has 0 spiro atoms. The number of allylic oxidation sites excluding steroid dienone is 1. The number of fused-ring (bicyclic) bond motifs is 1. The van der Waals surface area contributed by atoms with Gasteiger partial charge in [-0.3, -0.25) is 19.3 Å². The number of nitrogens with one attached hydrogen (secondary N) is 1. The lowest BCUT2D eigenvalue weighted by Crippen LogP contribution is -2.71. The number of alkyl halides is 3. The summed E-state index contributed by atoms with van der Waals surface area (Å²) in [5, 5.41) is 16.9. The van der Waals surface area contributed by atoms with Gasteiger partial charge in [-0.25, -0.2) is 9.78 Å². The highest BCUT2D eigenvalue weighted by Crippen LogP contribution is 2.41. The fourth-order valence-electron chi connectivity index (χ4n) is 4.24. The number of nitrogens with two attached hydrogens (primary N) is 1. The minimum Gasteiger partial charge on any atom is -0.477 e. The van der Waals surface area contributed by atoms with Crippen LogP contribution < -0.4 is 11.1 Å². The van der Waals surface area contributed by atoms with Gasteiger partial charge in [0.15, 0.2) is 10.8 Å². The quantitative estimate of drug-likeness (QED) is 0.186. The van der Waals surface area contributed by atoms with Crippen LogP contribution >= 0.6 is 23.1 Å². The van der Waals surface area contributed by atoms with Gasteiger partial charge in [-0.2, -0.15) is 13.2 Å². The number of amides is 3. The average Bonchev–Trinajstić information content (AvgIpc) is 3.27. The highest BCUT2D eigenvalue weighted by atomic mass is 32.2. The lowest BCUT2D eigenvalue weighted by molar-refractivity contribution is -0.160. The van der Waals surface area contributed by atoms with Crippen LogP contribution in [0.4, 0.5) is 18.3 Å². The molecule has 4 N–H and O–H groups in total. The molecule has 3 aliphatic rings. The zero-order chi connectivity index (χ0) is 27.8. The summed E-state index contributed by atoms with van der Waals surface area (Å²) in [5.74, 6) is -3.74. The number of aliphatic carboxylic acids is 1. The van der Waals surface area contributed by atoms with E-state index < -0.39 is 53.5 Å². The number of nitrogens with zero attached hydrogens (tertiary/aromatic N) is 4. The lowest BCUT2D eigenvalue weighted by Gasteiger charge is -2.49. The van der Waals surface area contributed by atoms with Gasteiger partial charge in [0.1, 0.15) is 36.5 Å². The van der Waals surface area contributed by atoms with Gasteiger partial charge in [0, 0.05) is 23.3 Å². The molecule has 0 radical (unpaired) electrons. The van der Waals surface area contributed by atoms with Crippen molar-refractivity contribution in [1.29, 1.82) is 0 Å². The molecular formula is C21H21F3N6O6S2. The Morgan fingerprint density at radius 2 is 2.13 bits per heavy atom. The van der Waals surface area contributed by atoms with Crippen molar-refractivity contribution in [1.82, 2.24) is 20.1 Å². The second-order valence-electron chi connectivity index (χ2n) is 8.35. The first-order chi connectivity index (χ1) is 17.9. The van der Waals surface area contributed by atoms with E-state index in [1.807, 2.05) is 0 Å². The predicted octanol–water partition coefficient (Wildman–Crippen LogP) is 0.925. The Morgan fingerprint density at radius 3 is 2.74 bits per heavy atom. The number of piperidine rings is 1. The van der Waals surface area contributed by atoms with Crippen LogP contribution in [0.25, 0.3) is 0 Å². The van der Waals surface area contributed by atoms with Crippen molar-refractivity contribution in [3.63, 3.8) is 0 Å². The number of aromatic nitrogens is 1. The summed E-state index contributed by atoms with van der Waals surface area (Å²) >= 11 is 2.20. The van der Waals surface area contributed by atoms with Crippen LogP contribution in [0.2, 0.25) is 0 Å². The molecule has 4 rings (SSSR count). The number of nitrogen functional groups attached to an aromatic ring is 1. The Balaban J connectivity index is 1.54. The minimum absolute atomic E-state index is 0.0362. The van der Waals surface area contributed by atoms with Crippen LogP contribution in [-0.2, 0) is 24.0 Å².